The van der Waals surface area contributed by atoms with Crippen molar-refractivity contribution in [3.63, 3.8) is 0 Å². The highest BCUT2D eigenvalue weighted by atomic mass is 35.5. The summed E-state index contributed by atoms with van der Waals surface area (Å²) in [5.41, 5.74) is 0. The maximum atomic E-state index is 13.0. The maximum Gasteiger partial charge on any atom is 0.260 e. The van der Waals surface area contributed by atoms with Gasteiger partial charge in [-0.1, -0.05) is 11.6 Å². The first-order valence-electron chi connectivity index (χ1n) is 7.46. The van der Waals surface area contributed by atoms with E-state index >= 15 is 0 Å². The second-order valence-electron chi connectivity index (χ2n) is 5.51. The number of rotatable bonds is 4. The molecule has 122 valence electrons. The van der Waals surface area contributed by atoms with E-state index in [1.165, 1.54) is 12.1 Å². The fourth-order valence-electron chi connectivity index (χ4n) is 2.73. The minimum absolute atomic E-state index is 0.102. The molecule has 1 amide bonds. The molecule has 1 aromatic carbocycles. The Morgan fingerprint density at radius 1 is 1.48 bits per heavy atom. The highest BCUT2D eigenvalue weighted by Gasteiger charge is 2.24. The number of nitrogens with zero attached hydrogens (tertiary/aromatic N) is 3. The molecule has 1 atom stereocenters. The number of imidazole rings is 1. The van der Waals surface area contributed by atoms with Crippen LogP contribution in [0.4, 0.5) is 4.39 Å². The molecular weight excluding hydrogens is 321 g/mol. The molecule has 1 saturated heterocycles. The number of likely N-dealkylation sites (tertiary alicyclic amines) is 1. The number of halogens is 2. The average Bonchev–Trinajstić information content (AvgIpc) is 3.08. The highest BCUT2D eigenvalue weighted by Crippen LogP contribution is 2.25. The summed E-state index contributed by atoms with van der Waals surface area (Å²) in [5.74, 6) is -0.229. The number of amides is 1. The molecule has 1 aliphatic heterocycles. The molecule has 5 nitrogen and oxygen atoms in total. The summed E-state index contributed by atoms with van der Waals surface area (Å²) in [7, 11) is 0. The first-order valence-corrected chi connectivity index (χ1v) is 7.84. The van der Waals surface area contributed by atoms with Crippen molar-refractivity contribution >= 4 is 17.5 Å². The van der Waals surface area contributed by atoms with Gasteiger partial charge >= 0.3 is 0 Å². The predicted octanol–water partition coefficient (Wildman–Crippen LogP) is 2.92. The van der Waals surface area contributed by atoms with E-state index in [0.29, 0.717) is 18.8 Å². The lowest BCUT2D eigenvalue weighted by molar-refractivity contribution is -0.135. The third-order valence-corrected chi connectivity index (χ3v) is 4.24. The van der Waals surface area contributed by atoms with E-state index in [-0.39, 0.29) is 23.6 Å². The van der Waals surface area contributed by atoms with Gasteiger partial charge in [-0.05, 0) is 31.0 Å². The molecule has 0 radical (unpaired) electrons. The summed E-state index contributed by atoms with van der Waals surface area (Å²) in [4.78, 5) is 18.2. The monoisotopic (exact) mass is 337 g/mol. The molecule has 1 aromatic heterocycles. The van der Waals surface area contributed by atoms with Crippen LogP contribution in [0.2, 0.25) is 5.02 Å². The van der Waals surface area contributed by atoms with Gasteiger partial charge in [0.15, 0.2) is 6.61 Å². The molecule has 0 N–H and O–H groups in total. The Labute approximate surface area is 138 Å². The predicted molar refractivity (Wildman–Crippen MR) is 84.0 cm³/mol. The third-order valence-electron chi connectivity index (χ3n) is 3.94. The van der Waals surface area contributed by atoms with Crippen LogP contribution in [0.5, 0.6) is 5.75 Å². The fourth-order valence-corrected chi connectivity index (χ4v) is 2.95. The highest BCUT2D eigenvalue weighted by molar-refractivity contribution is 6.32. The van der Waals surface area contributed by atoms with E-state index in [0.717, 1.165) is 18.9 Å². The van der Waals surface area contributed by atoms with Crippen molar-refractivity contribution in [3.05, 3.63) is 47.8 Å². The van der Waals surface area contributed by atoms with E-state index in [9.17, 15) is 9.18 Å². The van der Waals surface area contributed by atoms with Crippen molar-refractivity contribution in [3.8, 4) is 5.75 Å². The van der Waals surface area contributed by atoms with Gasteiger partial charge in [0.05, 0.1) is 17.4 Å². The van der Waals surface area contributed by atoms with Gasteiger partial charge in [0.25, 0.3) is 5.91 Å². The molecule has 2 aromatic rings. The van der Waals surface area contributed by atoms with Crippen LogP contribution < -0.4 is 4.74 Å². The van der Waals surface area contributed by atoms with Crippen molar-refractivity contribution in [2.75, 3.05) is 19.7 Å². The normalized spacial score (nSPS) is 18.0. The molecule has 0 unspecified atom stereocenters. The number of aromatic nitrogens is 2. The second-order valence-corrected chi connectivity index (χ2v) is 5.92. The second kappa shape index (κ2) is 7.00. The van der Waals surface area contributed by atoms with Gasteiger partial charge in [0, 0.05) is 25.5 Å². The van der Waals surface area contributed by atoms with Crippen LogP contribution in [0.1, 0.15) is 18.9 Å². The number of ether oxygens (including phenoxy) is 1. The Hall–Kier alpha value is -2.08. The fraction of sp³-hybridized carbons (Fsp3) is 0.375. The molecule has 7 heteroatoms. The Bertz CT molecular complexity index is 678. The van der Waals surface area contributed by atoms with Gasteiger partial charge in [0.2, 0.25) is 0 Å². The molecule has 1 fully saturated rings. The minimum Gasteiger partial charge on any atom is -0.482 e. The summed E-state index contributed by atoms with van der Waals surface area (Å²) >= 11 is 5.89. The zero-order valence-electron chi connectivity index (χ0n) is 12.5. The molecular formula is C16H17ClFN3O2. The van der Waals surface area contributed by atoms with Crippen LogP contribution in [0, 0.1) is 5.82 Å². The lowest BCUT2D eigenvalue weighted by Gasteiger charge is -2.33. The Morgan fingerprint density at radius 3 is 3.09 bits per heavy atom. The largest absolute Gasteiger partial charge is 0.482 e. The third kappa shape index (κ3) is 3.82. The molecule has 0 aliphatic carbocycles. The van der Waals surface area contributed by atoms with Crippen molar-refractivity contribution in [2.45, 2.75) is 18.9 Å². The van der Waals surface area contributed by atoms with Crippen LogP contribution in [0.25, 0.3) is 0 Å². The summed E-state index contributed by atoms with van der Waals surface area (Å²) in [5, 5.41) is 0.160. The molecule has 0 saturated carbocycles. The number of benzene rings is 1. The molecule has 2 heterocycles. The van der Waals surface area contributed by atoms with Gasteiger partial charge in [0.1, 0.15) is 11.6 Å². The van der Waals surface area contributed by atoms with E-state index in [1.807, 2.05) is 10.8 Å². The lowest BCUT2D eigenvalue weighted by Crippen LogP contribution is -2.42. The Balaban J connectivity index is 1.57. The smallest absolute Gasteiger partial charge is 0.260 e. The standard InChI is InChI=1S/C16H17ClFN3O2/c17-14-8-12(18)3-4-15(14)23-10-16(22)20-6-1-2-13(9-20)21-7-5-19-11-21/h3-5,7-8,11,13H,1-2,6,9-10H2/t13-/m0/s1. The number of carbonyl (C=O) groups is 1. The average molecular weight is 338 g/mol. The lowest BCUT2D eigenvalue weighted by atomic mass is 10.1. The number of hydrogen-bond acceptors (Lipinski definition) is 3. The minimum atomic E-state index is -0.437. The molecule has 1 aliphatic rings. The van der Waals surface area contributed by atoms with Gasteiger partial charge in [-0.25, -0.2) is 9.37 Å². The van der Waals surface area contributed by atoms with Gasteiger partial charge in [-0.3, -0.25) is 4.79 Å². The summed E-state index contributed by atoms with van der Waals surface area (Å²) in [6.45, 7) is 1.24. The summed E-state index contributed by atoms with van der Waals surface area (Å²) in [6, 6.07) is 4.08. The first-order chi connectivity index (χ1) is 11.1. The van der Waals surface area contributed by atoms with Crippen LogP contribution in [0.15, 0.2) is 36.9 Å². The molecule has 0 bridgehead atoms. The van der Waals surface area contributed by atoms with E-state index < -0.39 is 5.82 Å². The number of carbonyl (C=O) groups excluding carboxylic acids is 1. The zero-order valence-corrected chi connectivity index (χ0v) is 13.2. The molecule has 23 heavy (non-hydrogen) atoms. The molecule has 3 rings (SSSR count). The Kier molecular flexibility index (Phi) is 4.81. The van der Waals surface area contributed by atoms with Gasteiger partial charge < -0.3 is 14.2 Å². The Morgan fingerprint density at radius 2 is 2.35 bits per heavy atom. The van der Waals surface area contributed by atoms with Crippen molar-refractivity contribution in [1.82, 2.24) is 14.5 Å². The SMILES string of the molecule is O=C(COc1ccc(F)cc1Cl)N1CCC[C@H](n2ccnc2)C1. The van der Waals surface area contributed by atoms with E-state index in [1.54, 1.807) is 17.4 Å². The van der Waals surface area contributed by atoms with Gasteiger partial charge in [-0.15, -0.1) is 0 Å². The van der Waals surface area contributed by atoms with Crippen LogP contribution in [0.3, 0.4) is 0 Å². The molecule has 0 spiro atoms. The van der Waals surface area contributed by atoms with Crippen molar-refractivity contribution < 1.29 is 13.9 Å². The number of piperidine rings is 1. The topological polar surface area (TPSA) is 47.4 Å². The quantitative estimate of drug-likeness (QED) is 0.862. The number of hydrogen-bond donors (Lipinski definition) is 0. The zero-order chi connectivity index (χ0) is 16.2. The van der Waals surface area contributed by atoms with Crippen LogP contribution in [-0.4, -0.2) is 40.1 Å². The van der Waals surface area contributed by atoms with Crippen LogP contribution >= 0.6 is 11.6 Å². The van der Waals surface area contributed by atoms with Gasteiger partial charge in [-0.2, -0.15) is 0 Å². The van der Waals surface area contributed by atoms with Crippen molar-refractivity contribution in [1.29, 1.82) is 0 Å². The van der Waals surface area contributed by atoms with Crippen molar-refractivity contribution in [2.24, 2.45) is 0 Å². The maximum absolute atomic E-state index is 13.0. The first kappa shape index (κ1) is 15.8. The van der Waals surface area contributed by atoms with E-state index in [4.69, 9.17) is 16.3 Å². The summed E-state index contributed by atoms with van der Waals surface area (Å²) in [6.07, 6.45) is 7.37. The van der Waals surface area contributed by atoms with E-state index in [2.05, 4.69) is 4.98 Å². The summed E-state index contributed by atoms with van der Waals surface area (Å²) < 4.78 is 20.4. The van der Waals surface area contributed by atoms with Crippen LogP contribution in [-0.2, 0) is 4.79 Å².